The SMILES string of the molecule is C=C(C)C(=C)Cn1cc(C2(n3cc(-c4ccccc4)nn3)CCCCC2)nn1. The van der Waals surface area contributed by atoms with E-state index in [9.17, 15) is 0 Å². The van der Waals surface area contributed by atoms with Crippen LogP contribution in [0.2, 0.25) is 0 Å². The molecule has 0 radical (unpaired) electrons. The lowest BCUT2D eigenvalue weighted by Crippen LogP contribution is -2.38. The van der Waals surface area contributed by atoms with Crippen LogP contribution in [-0.2, 0) is 12.1 Å². The zero-order chi connectivity index (χ0) is 19.6. The Kier molecular flexibility index (Phi) is 4.94. The lowest BCUT2D eigenvalue weighted by Gasteiger charge is -2.35. The molecule has 0 bridgehead atoms. The van der Waals surface area contributed by atoms with Gasteiger partial charge in [0.05, 0.1) is 18.9 Å². The maximum absolute atomic E-state index is 4.54. The van der Waals surface area contributed by atoms with Crippen molar-refractivity contribution in [1.82, 2.24) is 30.0 Å². The Hall–Kier alpha value is -3.02. The molecule has 0 amide bonds. The number of benzene rings is 1. The Bertz CT molecular complexity index is 975. The van der Waals surface area contributed by atoms with Gasteiger partial charge in [0.2, 0.25) is 0 Å². The van der Waals surface area contributed by atoms with Crippen molar-refractivity contribution in [2.45, 2.75) is 51.1 Å². The Morgan fingerprint density at radius 3 is 2.46 bits per heavy atom. The molecule has 2 heterocycles. The molecule has 0 spiro atoms. The topological polar surface area (TPSA) is 61.4 Å². The van der Waals surface area contributed by atoms with Crippen molar-refractivity contribution in [2.75, 3.05) is 0 Å². The molecular weight excluding hydrogens is 348 g/mol. The number of allylic oxidation sites excluding steroid dienone is 2. The molecule has 28 heavy (non-hydrogen) atoms. The summed E-state index contributed by atoms with van der Waals surface area (Å²) >= 11 is 0. The molecule has 0 atom stereocenters. The largest absolute Gasteiger partial charge is 0.248 e. The van der Waals surface area contributed by atoms with Gasteiger partial charge in [-0.25, -0.2) is 9.36 Å². The molecule has 0 aliphatic heterocycles. The van der Waals surface area contributed by atoms with Crippen molar-refractivity contribution in [3.63, 3.8) is 0 Å². The van der Waals surface area contributed by atoms with Crippen molar-refractivity contribution in [3.05, 3.63) is 72.7 Å². The van der Waals surface area contributed by atoms with Crippen molar-refractivity contribution in [2.24, 2.45) is 0 Å². The molecule has 4 rings (SSSR count). The van der Waals surface area contributed by atoms with Gasteiger partial charge < -0.3 is 0 Å². The molecule has 0 N–H and O–H groups in total. The van der Waals surface area contributed by atoms with Gasteiger partial charge in [-0.2, -0.15) is 0 Å². The summed E-state index contributed by atoms with van der Waals surface area (Å²) in [6, 6.07) is 10.2. The summed E-state index contributed by atoms with van der Waals surface area (Å²) in [7, 11) is 0. The molecule has 1 saturated carbocycles. The molecule has 1 fully saturated rings. The lowest BCUT2D eigenvalue weighted by molar-refractivity contribution is 0.214. The summed E-state index contributed by atoms with van der Waals surface area (Å²) < 4.78 is 3.86. The molecule has 6 nitrogen and oxygen atoms in total. The van der Waals surface area contributed by atoms with Gasteiger partial charge in [0.1, 0.15) is 16.9 Å². The summed E-state index contributed by atoms with van der Waals surface area (Å²) in [5.41, 5.74) is 4.54. The van der Waals surface area contributed by atoms with E-state index >= 15 is 0 Å². The first-order chi connectivity index (χ1) is 13.6. The molecular formula is C22H26N6. The van der Waals surface area contributed by atoms with E-state index in [1.807, 2.05) is 46.9 Å². The van der Waals surface area contributed by atoms with Crippen LogP contribution < -0.4 is 0 Å². The molecule has 1 aliphatic rings. The minimum absolute atomic E-state index is 0.291. The van der Waals surface area contributed by atoms with Gasteiger partial charge in [-0.3, -0.25) is 0 Å². The van der Waals surface area contributed by atoms with Crippen LogP contribution in [0.1, 0.15) is 44.7 Å². The zero-order valence-corrected chi connectivity index (χ0v) is 16.4. The van der Waals surface area contributed by atoms with E-state index in [0.29, 0.717) is 6.54 Å². The second-order valence-corrected chi connectivity index (χ2v) is 7.69. The molecule has 1 aliphatic carbocycles. The minimum Gasteiger partial charge on any atom is -0.248 e. The van der Waals surface area contributed by atoms with Gasteiger partial charge in [-0.1, -0.05) is 78.8 Å². The third-order valence-electron chi connectivity index (χ3n) is 5.65. The van der Waals surface area contributed by atoms with Crippen LogP contribution in [0, 0.1) is 0 Å². The first kappa shape index (κ1) is 18.3. The van der Waals surface area contributed by atoms with E-state index in [4.69, 9.17) is 0 Å². The molecule has 0 saturated heterocycles. The monoisotopic (exact) mass is 374 g/mol. The van der Waals surface area contributed by atoms with Crippen LogP contribution in [-0.4, -0.2) is 30.0 Å². The van der Waals surface area contributed by atoms with E-state index < -0.39 is 0 Å². The second kappa shape index (κ2) is 7.54. The van der Waals surface area contributed by atoms with Gasteiger partial charge in [0, 0.05) is 5.56 Å². The van der Waals surface area contributed by atoms with E-state index in [0.717, 1.165) is 53.8 Å². The first-order valence-corrected chi connectivity index (χ1v) is 9.81. The molecule has 6 heteroatoms. The van der Waals surface area contributed by atoms with Crippen molar-refractivity contribution >= 4 is 0 Å². The molecule has 144 valence electrons. The van der Waals surface area contributed by atoms with Crippen LogP contribution in [0.5, 0.6) is 0 Å². The molecule has 3 aromatic rings. The predicted molar refractivity (Wildman–Crippen MR) is 110 cm³/mol. The third kappa shape index (κ3) is 3.42. The van der Waals surface area contributed by atoms with Gasteiger partial charge in [-0.05, 0) is 25.3 Å². The quantitative estimate of drug-likeness (QED) is 0.601. The zero-order valence-electron chi connectivity index (χ0n) is 16.4. The maximum Gasteiger partial charge on any atom is 0.113 e. The minimum atomic E-state index is -0.291. The molecule has 2 aromatic heterocycles. The van der Waals surface area contributed by atoms with Crippen LogP contribution in [0.3, 0.4) is 0 Å². The lowest BCUT2D eigenvalue weighted by atomic mass is 9.79. The van der Waals surface area contributed by atoms with Crippen LogP contribution in [0.4, 0.5) is 0 Å². The maximum atomic E-state index is 4.54. The number of hydrogen-bond donors (Lipinski definition) is 0. The highest BCUT2D eigenvalue weighted by atomic mass is 15.5. The summed E-state index contributed by atoms with van der Waals surface area (Å²) in [6.45, 7) is 10.6. The highest BCUT2D eigenvalue weighted by Gasteiger charge is 2.39. The fourth-order valence-electron chi connectivity index (χ4n) is 3.87. The summed E-state index contributed by atoms with van der Waals surface area (Å²) in [5, 5.41) is 17.9. The van der Waals surface area contributed by atoms with E-state index in [2.05, 4.69) is 45.9 Å². The van der Waals surface area contributed by atoms with Gasteiger partial charge in [0.25, 0.3) is 0 Å². The number of nitrogens with zero attached hydrogens (tertiary/aromatic N) is 6. The van der Waals surface area contributed by atoms with Crippen molar-refractivity contribution in [3.8, 4) is 11.3 Å². The van der Waals surface area contributed by atoms with Crippen molar-refractivity contribution in [1.29, 1.82) is 0 Å². The number of rotatable bonds is 6. The second-order valence-electron chi connectivity index (χ2n) is 7.69. The van der Waals surface area contributed by atoms with Crippen LogP contribution in [0.25, 0.3) is 11.3 Å². The number of aromatic nitrogens is 6. The average molecular weight is 374 g/mol. The Balaban J connectivity index is 1.68. The Labute approximate surface area is 165 Å². The van der Waals surface area contributed by atoms with Crippen LogP contribution in [0.15, 0.2) is 67.0 Å². The smallest absolute Gasteiger partial charge is 0.113 e. The summed E-state index contributed by atoms with van der Waals surface area (Å²) in [5.74, 6) is 0. The van der Waals surface area contributed by atoms with Gasteiger partial charge >= 0.3 is 0 Å². The van der Waals surface area contributed by atoms with Crippen LogP contribution >= 0.6 is 0 Å². The van der Waals surface area contributed by atoms with Gasteiger partial charge in [0.15, 0.2) is 0 Å². The molecule has 1 aromatic carbocycles. The third-order valence-corrected chi connectivity index (χ3v) is 5.65. The fraction of sp³-hybridized carbons (Fsp3) is 0.364. The van der Waals surface area contributed by atoms with E-state index in [1.54, 1.807) is 0 Å². The average Bonchev–Trinajstić information content (AvgIpc) is 3.39. The Morgan fingerprint density at radius 1 is 1.00 bits per heavy atom. The number of hydrogen-bond acceptors (Lipinski definition) is 4. The fourth-order valence-corrected chi connectivity index (χ4v) is 3.87. The highest BCUT2D eigenvalue weighted by molar-refractivity contribution is 5.57. The first-order valence-electron chi connectivity index (χ1n) is 9.81. The Morgan fingerprint density at radius 2 is 1.75 bits per heavy atom. The summed E-state index contributed by atoms with van der Waals surface area (Å²) in [4.78, 5) is 0. The summed E-state index contributed by atoms with van der Waals surface area (Å²) in [6.07, 6.45) is 9.59. The van der Waals surface area contributed by atoms with Crippen molar-refractivity contribution < 1.29 is 0 Å². The molecule has 0 unspecified atom stereocenters. The van der Waals surface area contributed by atoms with E-state index in [-0.39, 0.29) is 5.54 Å². The predicted octanol–water partition coefficient (Wildman–Crippen LogP) is 4.38. The van der Waals surface area contributed by atoms with Gasteiger partial charge in [-0.15, -0.1) is 10.2 Å². The normalized spacial score (nSPS) is 16.0. The van der Waals surface area contributed by atoms with E-state index in [1.165, 1.54) is 6.42 Å². The highest BCUT2D eigenvalue weighted by Crippen LogP contribution is 2.39. The standard InChI is InChI=1S/C22H26N6/c1-17(2)18(3)14-27-16-21(24-25-27)22(12-8-5-9-13-22)28-15-20(23-26-28)19-10-6-4-7-11-19/h4,6-7,10-11,15-16H,1,3,5,8-9,12-14H2,2H3.